The summed E-state index contributed by atoms with van der Waals surface area (Å²) in [6.45, 7) is 2.67. The molecule has 5 nitrogen and oxygen atoms in total. The van der Waals surface area contributed by atoms with Gasteiger partial charge in [-0.1, -0.05) is 32.1 Å². The zero-order valence-corrected chi connectivity index (χ0v) is 14.6. The predicted octanol–water partition coefficient (Wildman–Crippen LogP) is 1.72. The van der Waals surface area contributed by atoms with Crippen molar-refractivity contribution in [3.05, 3.63) is 0 Å². The van der Waals surface area contributed by atoms with E-state index in [4.69, 9.17) is 0 Å². The number of hydrogen-bond acceptors (Lipinski definition) is 3. The number of nitrogens with one attached hydrogen (secondary N) is 1. The topological polar surface area (TPSA) is 52.7 Å². The molecule has 0 radical (unpaired) electrons. The van der Waals surface area contributed by atoms with Crippen molar-refractivity contribution in [3.63, 3.8) is 0 Å². The van der Waals surface area contributed by atoms with Gasteiger partial charge in [-0.3, -0.25) is 9.59 Å². The molecule has 2 aliphatic heterocycles. The lowest BCUT2D eigenvalue weighted by Gasteiger charge is -2.37. The van der Waals surface area contributed by atoms with Crippen molar-refractivity contribution < 1.29 is 14.0 Å². The van der Waals surface area contributed by atoms with Crippen LogP contribution >= 0.6 is 0 Å². The summed E-state index contributed by atoms with van der Waals surface area (Å²) in [5.74, 6) is 0.513. The van der Waals surface area contributed by atoms with Gasteiger partial charge in [-0.05, 0) is 18.9 Å². The minimum Gasteiger partial charge on any atom is -0.339 e. The number of carbonyl (C=O) groups is 2. The van der Waals surface area contributed by atoms with E-state index in [0.29, 0.717) is 45.1 Å². The average molecular weight is 339 g/mol. The normalized spacial score (nSPS) is 29.0. The van der Waals surface area contributed by atoms with E-state index in [1.807, 2.05) is 4.90 Å². The second-order valence-corrected chi connectivity index (χ2v) is 7.61. The van der Waals surface area contributed by atoms with Crippen LogP contribution < -0.4 is 5.32 Å². The Morgan fingerprint density at radius 2 is 1.71 bits per heavy atom. The summed E-state index contributed by atoms with van der Waals surface area (Å²) in [4.78, 5) is 28.2. The lowest BCUT2D eigenvalue weighted by atomic mass is 9.86. The third kappa shape index (κ3) is 4.08. The Bertz CT molecular complexity index is 451. The Kier molecular flexibility index (Phi) is 5.74. The Morgan fingerprint density at radius 1 is 1.04 bits per heavy atom. The fourth-order valence-electron chi connectivity index (χ4n) is 4.25. The van der Waals surface area contributed by atoms with Crippen LogP contribution in [0.2, 0.25) is 0 Å². The van der Waals surface area contributed by atoms with Gasteiger partial charge in [0.2, 0.25) is 11.6 Å². The number of carbonyl (C=O) groups excluding carboxylic acids is 2. The molecule has 24 heavy (non-hydrogen) atoms. The maximum absolute atomic E-state index is 14.5. The lowest BCUT2D eigenvalue weighted by molar-refractivity contribution is -0.147. The van der Waals surface area contributed by atoms with Crippen LogP contribution in [0, 0.1) is 5.92 Å². The fraction of sp³-hybridized carbons (Fsp3) is 0.889. The molecule has 0 aromatic rings. The molecule has 1 atom stereocenters. The van der Waals surface area contributed by atoms with Crippen molar-refractivity contribution in [1.82, 2.24) is 15.1 Å². The summed E-state index contributed by atoms with van der Waals surface area (Å²) in [5, 5.41) is 2.92. The van der Waals surface area contributed by atoms with Gasteiger partial charge in [-0.25, -0.2) is 4.39 Å². The van der Waals surface area contributed by atoms with Gasteiger partial charge in [0.25, 0.3) is 5.91 Å². The minimum absolute atomic E-state index is 0.117. The third-order valence-electron chi connectivity index (χ3n) is 5.90. The second-order valence-electron chi connectivity index (χ2n) is 7.61. The Morgan fingerprint density at radius 3 is 2.33 bits per heavy atom. The van der Waals surface area contributed by atoms with Crippen LogP contribution in [0.1, 0.15) is 51.4 Å². The molecule has 1 unspecified atom stereocenters. The van der Waals surface area contributed by atoms with Crippen LogP contribution in [0.4, 0.5) is 4.39 Å². The molecule has 0 bridgehead atoms. The van der Waals surface area contributed by atoms with Crippen LogP contribution in [0.15, 0.2) is 0 Å². The molecule has 3 rings (SSSR count). The number of hydrogen-bond donors (Lipinski definition) is 1. The molecule has 1 aliphatic carbocycles. The van der Waals surface area contributed by atoms with E-state index in [0.717, 1.165) is 6.42 Å². The van der Waals surface area contributed by atoms with Crippen molar-refractivity contribution in [2.24, 2.45) is 5.92 Å². The molecule has 1 saturated carbocycles. The first kappa shape index (κ1) is 17.6. The van der Waals surface area contributed by atoms with Gasteiger partial charge in [-0.2, -0.15) is 0 Å². The summed E-state index contributed by atoms with van der Waals surface area (Å²) in [6, 6.07) is 0. The van der Waals surface area contributed by atoms with Crippen molar-refractivity contribution in [1.29, 1.82) is 0 Å². The third-order valence-corrected chi connectivity index (χ3v) is 5.90. The van der Waals surface area contributed by atoms with E-state index in [-0.39, 0.29) is 18.9 Å². The maximum Gasteiger partial charge on any atom is 0.261 e. The van der Waals surface area contributed by atoms with Gasteiger partial charge >= 0.3 is 0 Å². The van der Waals surface area contributed by atoms with Crippen LogP contribution in [0.3, 0.4) is 0 Å². The average Bonchev–Trinajstić information content (AvgIpc) is 3.08. The molecule has 2 saturated heterocycles. The predicted molar refractivity (Wildman–Crippen MR) is 90.3 cm³/mol. The van der Waals surface area contributed by atoms with E-state index < -0.39 is 11.6 Å². The van der Waals surface area contributed by atoms with Crippen LogP contribution in [-0.4, -0.2) is 66.6 Å². The highest BCUT2D eigenvalue weighted by molar-refractivity contribution is 5.86. The van der Waals surface area contributed by atoms with Crippen molar-refractivity contribution in [3.8, 4) is 0 Å². The Hall–Kier alpha value is -1.17. The van der Waals surface area contributed by atoms with Crippen LogP contribution in [0.5, 0.6) is 0 Å². The van der Waals surface area contributed by atoms with Gasteiger partial charge in [0.15, 0.2) is 0 Å². The van der Waals surface area contributed by atoms with E-state index in [1.54, 1.807) is 4.90 Å². The van der Waals surface area contributed by atoms with E-state index in [2.05, 4.69) is 5.32 Å². The monoisotopic (exact) mass is 339 g/mol. The molecule has 2 heterocycles. The first-order valence-electron chi connectivity index (χ1n) is 9.55. The lowest BCUT2D eigenvalue weighted by Crippen LogP contribution is -2.56. The summed E-state index contributed by atoms with van der Waals surface area (Å²) in [7, 11) is 0. The summed E-state index contributed by atoms with van der Waals surface area (Å²) in [6.07, 6.45) is 8.36. The number of halogens is 1. The number of rotatable bonds is 4. The highest BCUT2D eigenvalue weighted by Gasteiger charge is 2.44. The summed E-state index contributed by atoms with van der Waals surface area (Å²) in [5.41, 5.74) is -1.74. The molecular formula is C18H30FN3O2. The molecule has 0 spiro atoms. The quantitative estimate of drug-likeness (QED) is 0.848. The number of amides is 2. The smallest absolute Gasteiger partial charge is 0.261 e. The number of piperazine rings is 1. The summed E-state index contributed by atoms with van der Waals surface area (Å²) >= 11 is 0. The zero-order chi connectivity index (χ0) is 17.0. The SMILES string of the molecule is O=C(CCC1CCCCC1)N1CCN(C(=O)C2(F)CCNC2)CC1. The molecular weight excluding hydrogens is 309 g/mol. The molecule has 136 valence electrons. The van der Waals surface area contributed by atoms with E-state index in [9.17, 15) is 14.0 Å². The molecule has 0 aromatic heterocycles. The second kappa shape index (κ2) is 7.81. The first-order chi connectivity index (χ1) is 11.6. The fourth-order valence-corrected chi connectivity index (χ4v) is 4.25. The Balaban J connectivity index is 1.41. The zero-order valence-electron chi connectivity index (χ0n) is 14.6. The van der Waals surface area contributed by atoms with Crippen LogP contribution in [0.25, 0.3) is 0 Å². The van der Waals surface area contributed by atoms with Gasteiger partial charge in [0.1, 0.15) is 0 Å². The molecule has 3 fully saturated rings. The largest absolute Gasteiger partial charge is 0.339 e. The van der Waals surface area contributed by atoms with Crippen molar-refractivity contribution in [2.45, 2.75) is 57.0 Å². The number of nitrogens with zero attached hydrogens (tertiary/aromatic N) is 2. The van der Waals surface area contributed by atoms with E-state index in [1.165, 1.54) is 32.1 Å². The van der Waals surface area contributed by atoms with E-state index >= 15 is 0 Å². The molecule has 3 aliphatic rings. The number of alkyl halides is 1. The highest BCUT2D eigenvalue weighted by atomic mass is 19.1. The molecule has 0 aromatic carbocycles. The van der Waals surface area contributed by atoms with Gasteiger partial charge in [0.05, 0.1) is 0 Å². The van der Waals surface area contributed by atoms with Crippen molar-refractivity contribution in [2.75, 3.05) is 39.3 Å². The minimum atomic E-state index is -1.74. The standard InChI is InChI=1S/C18H30FN3O2/c19-18(8-9-20-14-18)17(24)22-12-10-21(11-13-22)16(23)7-6-15-4-2-1-3-5-15/h15,20H,1-14H2. The molecule has 2 amide bonds. The van der Waals surface area contributed by atoms with Gasteiger partial charge < -0.3 is 15.1 Å². The van der Waals surface area contributed by atoms with Gasteiger partial charge in [-0.15, -0.1) is 0 Å². The summed E-state index contributed by atoms with van der Waals surface area (Å²) < 4.78 is 14.5. The highest BCUT2D eigenvalue weighted by Crippen LogP contribution is 2.28. The Labute approximate surface area is 143 Å². The molecule has 6 heteroatoms. The van der Waals surface area contributed by atoms with Gasteiger partial charge in [0, 0.05) is 45.6 Å². The maximum atomic E-state index is 14.5. The first-order valence-corrected chi connectivity index (χ1v) is 9.55. The van der Waals surface area contributed by atoms with Crippen LogP contribution in [-0.2, 0) is 9.59 Å². The van der Waals surface area contributed by atoms with Crippen molar-refractivity contribution >= 4 is 11.8 Å². The molecule has 1 N–H and O–H groups in total.